The minimum absolute atomic E-state index is 0.111. The number of aromatic nitrogens is 2. The van der Waals surface area contributed by atoms with E-state index in [1.165, 1.54) is 0 Å². The van der Waals surface area contributed by atoms with Gasteiger partial charge in [0.15, 0.2) is 0 Å². The summed E-state index contributed by atoms with van der Waals surface area (Å²) in [7, 11) is 0. The van der Waals surface area contributed by atoms with E-state index >= 15 is 0 Å². The van der Waals surface area contributed by atoms with Crippen molar-refractivity contribution in [2.45, 2.75) is 19.5 Å². The average molecular weight is 372 g/mol. The zero-order valence-electron chi connectivity index (χ0n) is 13.6. The lowest BCUT2D eigenvalue weighted by molar-refractivity contribution is -0.138. The summed E-state index contributed by atoms with van der Waals surface area (Å²) in [5.74, 6) is -2.79. The number of nitrogens with zero attached hydrogens (tertiary/aromatic N) is 2. The maximum Gasteiger partial charge on any atom is 0.417 e. The average Bonchev–Trinajstić information content (AvgIpc) is 2.94. The van der Waals surface area contributed by atoms with Crippen LogP contribution < -0.4 is 10.6 Å². The molecule has 140 valence electrons. The minimum atomic E-state index is -4.59. The molecule has 0 spiro atoms. The molecule has 8 nitrogen and oxygen atoms in total. The second kappa shape index (κ2) is 7.42. The van der Waals surface area contributed by atoms with Crippen LogP contribution in [0.1, 0.15) is 28.7 Å². The van der Waals surface area contributed by atoms with Crippen LogP contribution in [0.3, 0.4) is 0 Å². The van der Waals surface area contributed by atoms with Gasteiger partial charge in [-0.15, -0.1) is 0 Å². The molecule has 0 bridgehead atoms. The van der Waals surface area contributed by atoms with Crippen LogP contribution >= 0.6 is 0 Å². The fourth-order valence-corrected chi connectivity index (χ4v) is 2.23. The predicted octanol–water partition coefficient (Wildman–Crippen LogP) is 0.846. The van der Waals surface area contributed by atoms with Gasteiger partial charge in [0, 0.05) is 6.20 Å². The molecule has 2 heterocycles. The van der Waals surface area contributed by atoms with Crippen molar-refractivity contribution < 1.29 is 32.7 Å². The molecule has 0 fully saturated rings. The Bertz CT molecular complexity index is 860. The number of pyridine rings is 1. The molecule has 0 aromatic carbocycles. The number of fused-ring (bicyclic) bond motifs is 1. The Kier molecular flexibility index (Phi) is 5.48. The molecule has 2 rings (SSSR count). The molecule has 0 unspecified atom stereocenters. The number of hydrogen-bond acceptors (Lipinski definition) is 4. The third-order valence-electron chi connectivity index (χ3n) is 3.41. The van der Waals surface area contributed by atoms with Crippen molar-refractivity contribution in [1.82, 2.24) is 20.0 Å². The van der Waals surface area contributed by atoms with Gasteiger partial charge in [-0.3, -0.25) is 18.8 Å². The van der Waals surface area contributed by atoms with Crippen LogP contribution in [0.4, 0.5) is 13.2 Å². The molecule has 26 heavy (non-hydrogen) atoms. The van der Waals surface area contributed by atoms with E-state index in [2.05, 4.69) is 15.6 Å². The fraction of sp³-hybridized carbons (Fsp3) is 0.333. The summed E-state index contributed by atoms with van der Waals surface area (Å²) in [6, 6.07) is 2.02. The van der Waals surface area contributed by atoms with E-state index in [-0.39, 0.29) is 23.5 Å². The summed E-state index contributed by atoms with van der Waals surface area (Å²) >= 11 is 0. The van der Waals surface area contributed by atoms with E-state index < -0.39 is 42.6 Å². The Morgan fingerprint density at radius 2 is 1.88 bits per heavy atom. The number of carboxylic acid groups (broad SMARTS) is 1. The summed E-state index contributed by atoms with van der Waals surface area (Å²) in [5.41, 5.74) is -0.624. The SMILES string of the molecule is CCc1nc2ccc(C(F)(F)F)cn2c1C(=O)NCC(=O)NCC(=O)O. The van der Waals surface area contributed by atoms with Crippen LogP contribution in [0.5, 0.6) is 0 Å². The first kappa shape index (κ1) is 19.2. The number of nitrogens with one attached hydrogen (secondary N) is 2. The molecular weight excluding hydrogens is 357 g/mol. The Morgan fingerprint density at radius 1 is 1.19 bits per heavy atom. The van der Waals surface area contributed by atoms with Crippen molar-refractivity contribution in [3.8, 4) is 0 Å². The lowest BCUT2D eigenvalue weighted by Crippen LogP contribution is -2.39. The molecule has 0 saturated carbocycles. The highest BCUT2D eigenvalue weighted by molar-refractivity contribution is 5.97. The molecule has 0 radical (unpaired) electrons. The van der Waals surface area contributed by atoms with Crippen molar-refractivity contribution >= 4 is 23.4 Å². The van der Waals surface area contributed by atoms with Crippen molar-refractivity contribution in [1.29, 1.82) is 0 Å². The number of carboxylic acids is 1. The summed E-state index contributed by atoms with van der Waals surface area (Å²) < 4.78 is 39.7. The number of rotatable bonds is 6. The van der Waals surface area contributed by atoms with E-state index in [1.807, 2.05) is 0 Å². The number of halogens is 3. The van der Waals surface area contributed by atoms with E-state index in [4.69, 9.17) is 5.11 Å². The van der Waals surface area contributed by atoms with Crippen LogP contribution in [0, 0.1) is 0 Å². The van der Waals surface area contributed by atoms with Gasteiger partial charge in [-0.1, -0.05) is 6.92 Å². The van der Waals surface area contributed by atoms with Gasteiger partial charge in [-0.05, 0) is 18.6 Å². The van der Waals surface area contributed by atoms with Crippen molar-refractivity contribution in [3.63, 3.8) is 0 Å². The van der Waals surface area contributed by atoms with Crippen molar-refractivity contribution in [3.05, 3.63) is 35.3 Å². The summed E-state index contributed by atoms with van der Waals surface area (Å²) in [4.78, 5) is 38.3. The first-order valence-corrected chi connectivity index (χ1v) is 7.48. The van der Waals surface area contributed by atoms with Gasteiger partial charge >= 0.3 is 12.1 Å². The predicted molar refractivity (Wildman–Crippen MR) is 82.6 cm³/mol. The fourth-order valence-electron chi connectivity index (χ4n) is 2.23. The maximum absolute atomic E-state index is 12.9. The number of aliphatic carboxylic acids is 1. The number of hydrogen-bond donors (Lipinski definition) is 3. The van der Waals surface area contributed by atoms with Gasteiger partial charge in [-0.2, -0.15) is 13.2 Å². The highest BCUT2D eigenvalue weighted by atomic mass is 19.4. The molecule has 2 aromatic heterocycles. The van der Waals surface area contributed by atoms with Gasteiger partial charge in [0.05, 0.1) is 17.8 Å². The van der Waals surface area contributed by atoms with Crippen LogP contribution in [-0.4, -0.2) is 45.4 Å². The summed E-state index contributed by atoms with van der Waals surface area (Å²) in [6.07, 6.45) is -3.53. The quantitative estimate of drug-likeness (QED) is 0.696. The van der Waals surface area contributed by atoms with Gasteiger partial charge in [-0.25, -0.2) is 4.98 Å². The van der Waals surface area contributed by atoms with Crippen molar-refractivity contribution in [2.24, 2.45) is 0 Å². The highest BCUT2D eigenvalue weighted by Crippen LogP contribution is 2.29. The van der Waals surface area contributed by atoms with Crippen LogP contribution in [0.2, 0.25) is 0 Å². The molecule has 0 aliphatic rings. The van der Waals surface area contributed by atoms with Crippen LogP contribution in [0.25, 0.3) is 5.65 Å². The number of carbonyl (C=O) groups is 3. The number of alkyl halides is 3. The first-order valence-electron chi connectivity index (χ1n) is 7.48. The van der Waals surface area contributed by atoms with E-state index in [9.17, 15) is 27.6 Å². The second-order valence-corrected chi connectivity index (χ2v) is 5.26. The number of aryl methyl sites for hydroxylation is 1. The van der Waals surface area contributed by atoms with Crippen molar-refractivity contribution in [2.75, 3.05) is 13.1 Å². The molecule has 2 amide bonds. The van der Waals surface area contributed by atoms with Gasteiger partial charge in [0.1, 0.15) is 17.9 Å². The Labute approximate surface area is 145 Å². The summed E-state index contributed by atoms with van der Waals surface area (Å²) in [5, 5.41) is 12.8. The molecule has 2 aromatic rings. The molecule has 0 saturated heterocycles. The lowest BCUT2D eigenvalue weighted by Gasteiger charge is -2.09. The molecular formula is C15H15F3N4O4. The number of carbonyl (C=O) groups excluding carboxylic acids is 2. The zero-order chi connectivity index (χ0) is 19.5. The summed E-state index contributed by atoms with van der Waals surface area (Å²) in [6.45, 7) is 0.545. The standard InChI is InChI=1S/C15H15F3N4O4/c1-2-9-13(14(26)20-5-11(23)19-6-12(24)25)22-7-8(15(16,17)18)3-4-10(22)21-9/h3-4,7H,2,5-6H2,1H3,(H,19,23)(H,20,26)(H,24,25). The number of amides is 2. The minimum Gasteiger partial charge on any atom is -0.480 e. The molecule has 0 aliphatic heterocycles. The Hall–Kier alpha value is -3.11. The van der Waals surface area contributed by atoms with Crippen LogP contribution in [0.15, 0.2) is 18.3 Å². The molecule has 11 heteroatoms. The van der Waals surface area contributed by atoms with E-state index in [1.54, 1.807) is 6.92 Å². The van der Waals surface area contributed by atoms with Gasteiger partial charge in [0.2, 0.25) is 5.91 Å². The molecule has 0 atom stereocenters. The maximum atomic E-state index is 12.9. The monoisotopic (exact) mass is 372 g/mol. The van der Waals surface area contributed by atoms with E-state index in [0.29, 0.717) is 0 Å². The largest absolute Gasteiger partial charge is 0.480 e. The first-order chi connectivity index (χ1) is 12.1. The smallest absolute Gasteiger partial charge is 0.417 e. The Balaban J connectivity index is 2.27. The lowest BCUT2D eigenvalue weighted by atomic mass is 10.2. The molecule has 0 aliphatic carbocycles. The highest BCUT2D eigenvalue weighted by Gasteiger charge is 2.31. The van der Waals surface area contributed by atoms with Gasteiger partial charge in [0.25, 0.3) is 5.91 Å². The zero-order valence-corrected chi connectivity index (χ0v) is 13.6. The van der Waals surface area contributed by atoms with E-state index in [0.717, 1.165) is 22.7 Å². The van der Waals surface area contributed by atoms with Gasteiger partial charge < -0.3 is 15.7 Å². The second-order valence-electron chi connectivity index (χ2n) is 5.26. The third-order valence-corrected chi connectivity index (χ3v) is 3.41. The Morgan fingerprint density at radius 3 is 2.46 bits per heavy atom. The van der Waals surface area contributed by atoms with Crippen LogP contribution in [-0.2, 0) is 22.2 Å². The molecule has 3 N–H and O–H groups in total. The number of imidazole rings is 1. The third kappa shape index (κ3) is 4.29. The normalized spacial score (nSPS) is 11.4. The topological polar surface area (TPSA) is 113 Å².